The summed E-state index contributed by atoms with van der Waals surface area (Å²) >= 11 is 0. The molecular formula is C12H20NiO4. The first-order valence-electron chi connectivity index (χ1n) is 6.02. The Morgan fingerprint density at radius 2 is 0.824 bits per heavy atom. The molecule has 0 aromatic rings. The van der Waals surface area contributed by atoms with E-state index in [9.17, 15) is 19.8 Å². The molecule has 0 saturated carbocycles. The van der Waals surface area contributed by atoms with Crippen LogP contribution in [0.15, 0.2) is 0 Å². The van der Waals surface area contributed by atoms with Crippen molar-refractivity contribution < 1.29 is 36.3 Å². The van der Waals surface area contributed by atoms with Crippen molar-refractivity contribution >= 4 is 11.9 Å². The van der Waals surface area contributed by atoms with E-state index >= 15 is 0 Å². The van der Waals surface area contributed by atoms with E-state index in [-0.39, 0.29) is 29.3 Å². The number of hydrogen-bond donors (Lipinski definition) is 0. The van der Waals surface area contributed by atoms with Crippen molar-refractivity contribution in [3.8, 4) is 0 Å². The van der Waals surface area contributed by atoms with Crippen molar-refractivity contribution in [2.45, 2.75) is 64.2 Å². The number of aliphatic carboxylic acids is 2. The number of hydrogen-bond acceptors (Lipinski definition) is 4. The third kappa shape index (κ3) is 18.0. The number of rotatable bonds is 11. The van der Waals surface area contributed by atoms with E-state index in [1.54, 1.807) is 0 Å². The first-order chi connectivity index (χ1) is 7.63. The van der Waals surface area contributed by atoms with Gasteiger partial charge in [-0.1, -0.05) is 38.5 Å². The summed E-state index contributed by atoms with van der Waals surface area (Å²) in [6, 6.07) is 0. The minimum atomic E-state index is -0.970. The van der Waals surface area contributed by atoms with E-state index in [0.717, 1.165) is 38.5 Å². The van der Waals surface area contributed by atoms with Crippen LogP contribution in [-0.2, 0) is 26.1 Å². The summed E-state index contributed by atoms with van der Waals surface area (Å²) in [4.78, 5) is 20.2. The van der Waals surface area contributed by atoms with Crippen molar-refractivity contribution in [3.63, 3.8) is 0 Å². The SMILES string of the molecule is O=C([O-])CCCCCCCCCCC(=O)[O-].[Ni+2]. The Balaban J connectivity index is 0. The first-order valence-corrected chi connectivity index (χ1v) is 6.02. The second-order valence-corrected chi connectivity index (χ2v) is 4.07. The van der Waals surface area contributed by atoms with Crippen LogP contribution in [0.3, 0.4) is 0 Å². The third-order valence-corrected chi connectivity index (χ3v) is 2.51. The molecule has 17 heavy (non-hydrogen) atoms. The fraction of sp³-hybridized carbons (Fsp3) is 0.833. The normalized spacial score (nSPS) is 9.65. The Bertz CT molecular complexity index is 185. The van der Waals surface area contributed by atoms with Crippen molar-refractivity contribution in [2.75, 3.05) is 0 Å². The van der Waals surface area contributed by atoms with Crippen LogP contribution in [-0.4, -0.2) is 11.9 Å². The average molecular weight is 287 g/mol. The average Bonchev–Trinajstić information content (AvgIpc) is 2.20. The topological polar surface area (TPSA) is 80.3 Å². The van der Waals surface area contributed by atoms with Gasteiger partial charge in [-0.2, -0.15) is 0 Å². The molecule has 0 aromatic heterocycles. The van der Waals surface area contributed by atoms with Gasteiger partial charge in [0.15, 0.2) is 0 Å². The quantitative estimate of drug-likeness (QED) is 0.406. The summed E-state index contributed by atoms with van der Waals surface area (Å²) in [5.41, 5.74) is 0. The molecule has 0 aliphatic carbocycles. The van der Waals surface area contributed by atoms with Gasteiger partial charge in [-0.25, -0.2) is 0 Å². The van der Waals surface area contributed by atoms with Gasteiger partial charge in [-0.3, -0.25) is 0 Å². The van der Waals surface area contributed by atoms with Crippen molar-refractivity contribution in [1.82, 2.24) is 0 Å². The molecule has 5 heteroatoms. The molecule has 0 aliphatic heterocycles. The van der Waals surface area contributed by atoms with E-state index in [0.29, 0.717) is 12.8 Å². The molecule has 0 aliphatic rings. The van der Waals surface area contributed by atoms with E-state index in [4.69, 9.17) is 0 Å². The maximum Gasteiger partial charge on any atom is 2.00 e. The van der Waals surface area contributed by atoms with Crippen LogP contribution >= 0.6 is 0 Å². The van der Waals surface area contributed by atoms with Gasteiger partial charge in [0.05, 0.1) is 0 Å². The van der Waals surface area contributed by atoms with Gasteiger partial charge >= 0.3 is 16.5 Å². The van der Waals surface area contributed by atoms with Gasteiger partial charge in [0.1, 0.15) is 0 Å². The Labute approximate surface area is 113 Å². The van der Waals surface area contributed by atoms with Gasteiger partial charge in [0.25, 0.3) is 0 Å². The molecule has 0 aromatic carbocycles. The molecule has 0 spiro atoms. The Morgan fingerprint density at radius 3 is 1.06 bits per heavy atom. The maximum atomic E-state index is 10.1. The van der Waals surface area contributed by atoms with Gasteiger partial charge in [0, 0.05) is 11.9 Å². The van der Waals surface area contributed by atoms with Gasteiger partial charge < -0.3 is 19.8 Å². The van der Waals surface area contributed by atoms with Gasteiger partial charge in [-0.15, -0.1) is 0 Å². The van der Waals surface area contributed by atoms with Crippen LogP contribution in [0.2, 0.25) is 0 Å². The van der Waals surface area contributed by atoms with E-state index in [1.165, 1.54) is 0 Å². The van der Waals surface area contributed by atoms with Gasteiger partial charge in [0.2, 0.25) is 0 Å². The van der Waals surface area contributed by atoms with E-state index < -0.39 is 11.9 Å². The number of carbonyl (C=O) groups is 2. The van der Waals surface area contributed by atoms with Gasteiger partial charge in [-0.05, 0) is 25.7 Å². The Morgan fingerprint density at radius 1 is 0.588 bits per heavy atom. The molecule has 0 radical (unpaired) electrons. The molecule has 4 nitrogen and oxygen atoms in total. The van der Waals surface area contributed by atoms with Crippen LogP contribution in [0.5, 0.6) is 0 Å². The fourth-order valence-electron chi connectivity index (χ4n) is 1.60. The van der Waals surface area contributed by atoms with Crippen LogP contribution in [0.25, 0.3) is 0 Å². The van der Waals surface area contributed by atoms with Crippen molar-refractivity contribution in [3.05, 3.63) is 0 Å². The van der Waals surface area contributed by atoms with Crippen LogP contribution in [0, 0.1) is 0 Å². The van der Waals surface area contributed by atoms with Crippen molar-refractivity contribution in [2.24, 2.45) is 0 Å². The van der Waals surface area contributed by atoms with Crippen molar-refractivity contribution in [1.29, 1.82) is 0 Å². The first kappa shape index (κ1) is 18.8. The largest absolute Gasteiger partial charge is 2.00 e. The third-order valence-electron chi connectivity index (χ3n) is 2.51. The van der Waals surface area contributed by atoms with E-state index in [1.807, 2.05) is 0 Å². The summed E-state index contributed by atoms with van der Waals surface area (Å²) < 4.78 is 0. The zero-order chi connectivity index (χ0) is 12.2. The number of unbranched alkanes of at least 4 members (excludes halogenated alkanes) is 7. The molecule has 0 amide bonds. The molecule has 0 rings (SSSR count). The summed E-state index contributed by atoms with van der Waals surface area (Å²) in [7, 11) is 0. The van der Waals surface area contributed by atoms with Crippen LogP contribution in [0.4, 0.5) is 0 Å². The van der Waals surface area contributed by atoms with Crippen LogP contribution < -0.4 is 10.2 Å². The summed E-state index contributed by atoms with van der Waals surface area (Å²) in [5.74, 6) is -1.94. The standard InChI is InChI=1S/C12H22O4.Ni/c13-11(14)9-7-5-3-1-2-4-6-8-10-12(15)16;/h1-10H2,(H,13,14)(H,15,16);/q;+2/p-2. The molecule has 102 valence electrons. The molecule has 0 fully saturated rings. The molecule has 0 atom stereocenters. The predicted octanol–water partition coefficient (Wildman–Crippen LogP) is 0.385. The minimum Gasteiger partial charge on any atom is -0.550 e. The second kappa shape index (κ2) is 13.5. The molecule has 0 N–H and O–H groups in total. The molecular weight excluding hydrogens is 267 g/mol. The number of carboxylic acids is 2. The van der Waals surface area contributed by atoms with Crippen LogP contribution in [0.1, 0.15) is 64.2 Å². The molecule has 0 saturated heterocycles. The maximum absolute atomic E-state index is 10.1. The Kier molecular flexibility index (Phi) is 14.9. The summed E-state index contributed by atoms with van der Waals surface area (Å²) in [6.07, 6.45) is 7.88. The number of carboxylic acid groups (broad SMARTS) is 2. The molecule has 0 unspecified atom stereocenters. The molecule has 0 bridgehead atoms. The summed E-state index contributed by atoms with van der Waals surface area (Å²) in [6.45, 7) is 0. The zero-order valence-corrected chi connectivity index (χ0v) is 11.0. The minimum absolute atomic E-state index is 0. The Hall–Kier alpha value is -0.566. The monoisotopic (exact) mass is 286 g/mol. The van der Waals surface area contributed by atoms with E-state index in [2.05, 4.69) is 0 Å². The summed E-state index contributed by atoms with van der Waals surface area (Å²) in [5, 5.41) is 20.2. The number of carbonyl (C=O) groups excluding carboxylic acids is 2. The smallest absolute Gasteiger partial charge is 0.550 e. The predicted molar refractivity (Wildman–Crippen MR) is 56.2 cm³/mol. The fourth-order valence-corrected chi connectivity index (χ4v) is 1.60. The molecule has 0 heterocycles. The second-order valence-electron chi connectivity index (χ2n) is 4.07. The zero-order valence-electron chi connectivity index (χ0n) is 10.0.